The van der Waals surface area contributed by atoms with Crippen LogP contribution in [0.4, 0.5) is 5.69 Å². The average Bonchev–Trinajstić information content (AvgIpc) is 3.13. The summed E-state index contributed by atoms with van der Waals surface area (Å²) in [5.74, 6) is 0.0936. The van der Waals surface area contributed by atoms with Crippen LogP contribution < -0.4 is 4.90 Å². The standard InChI is InChI=1S/C20H26N4OS/c1-13(2)24-12-21-22-19(24)26-14(3)17(25)11-18-20(4,5)15-9-7-8-10-16(15)23(18)6/h7-14H,1-6H3/b18-11+. The minimum absolute atomic E-state index is 0.0936. The third-order valence-electron chi connectivity index (χ3n) is 5.00. The molecule has 3 rings (SSSR count). The lowest BCUT2D eigenvalue weighted by Gasteiger charge is -2.24. The van der Waals surface area contributed by atoms with Crippen molar-refractivity contribution in [2.24, 2.45) is 0 Å². The maximum atomic E-state index is 12.9. The number of allylic oxidation sites excluding steroid dienone is 2. The van der Waals surface area contributed by atoms with Crippen LogP contribution in [0.3, 0.4) is 0 Å². The Hall–Kier alpha value is -2.08. The van der Waals surface area contributed by atoms with Crippen LogP contribution in [-0.4, -0.2) is 32.8 Å². The van der Waals surface area contributed by atoms with Crippen molar-refractivity contribution in [3.05, 3.63) is 47.9 Å². The van der Waals surface area contributed by atoms with Gasteiger partial charge in [-0.25, -0.2) is 0 Å². The van der Waals surface area contributed by atoms with Gasteiger partial charge in [0.25, 0.3) is 0 Å². The number of ketones is 1. The Balaban J connectivity index is 1.83. The van der Waals surface area contributed by atoms with Crippen molar-refractivity contribution >= 4 is 23.2 Å². The lowest BCUT2D eigenvalue weighted by Crippen LogP contribution is -2.25. The van der Waals surface area contributed by atoms with Crippen molar-refractivity contribution in [2.75, 3.05) is 11.9 Å². The molecule has 0 saturated carbocycles. The largest absolute Gasteiger partial charge is 0.347 e. The molecule has 5 nitrogen and oxygen atoms in total. The molecule has 1 unspecified atom stereocenters. The number of para-hydroxylation sites is 1. The molecule has 1 aliphatic heterocycles. The fourth-order valence-corrected chi connectivity index (χ4v) is 4.37. The van der Waals surface area contributed by atoms with E-state index in [0.717, 1.165) is 16.5 Å². The van der Waals surface area contributed by atoms with Crippen LogP contribution in [0.5, 0.6) is 0 Å². The number of thioether (sulfide) groups is 1. The van der Waals surface area contributed by atoms with Crippen LogP contribution in [0.1, 0.15) is 46.2 Å². The number of nitrogens with zero attached hydrogens (tertiary/aromatic N) is 4. The second kappa shape index (κ2) is 6.91. The van der Waals surface area contributed by atoms with E-state index in [1.165, 1.54) is 17.3 Å². The summed E-state index contributed by atoms with van der Waals surface area (Å²) >= 11 is 1.46. The predicted octanol–water partition coefficient (Wildman–Crippen LogP) is 4.22. The Bertz CT molecular complexity index is 853. The van der Waals surface area contributed by atoms with E-state index in [9.17, 15) is 4.79 Å². The quantitative estimate of drug-likeness (QED) is 0.583. The van der Waals surface area contributed by atoms with Crippen LogP contribution in [0.15, 0.2) is 47.5 Å². The van der Waals surface area contributed by atoms with E-state index in [0.29, 0.717) is 0 Å². The molecule has 0 fully saturated rings. The van der Waals surface area contributed by atoms with Crippen LogP contribution >= 0.6 is 11.8 Å². The second-order valence-electron chi connectivity index (χ2n) is 7.51. The molecule has 138 valence electrons. The van der Waals surface area contributed by atoms with Gasteiger partial charge in [-0.2, -0.15) is 0 Å². The van der Waals surface area contributed by atoms with Gasteiger partial charge in [-0.15, -0.1) is 10.2 Å². The third-order valence-corrected chi connectivity index (χ3v) is 6.09. The first-order valence-electron chi connectivity index (χ1n) is 8.89. The highest BCUT2D eigenvalue weighted by molar-refractivity contribution is 8.00. The highest BCUT2D eigenvalue weighted by Gasteiger charge is 2.38. The second-order valence-corrected chi connectivity index (χ2v) is 8.82. The van der Waals surface area contributed by atoms with Crippen LogP contribution in [0, 0.1) is 0 Å². The maximum Gasteiger partial charge on any atom is 0.191 e. The van der Waals surface area contributed by atoms with Gasteiger partial charge in [-0.1, -0.05) is 43.8 Å². The molecule has 0 spiro atoms. The third kappa shape index (κ3) is 3.18. The van der Waals surface area contributed by atoms with Gasteiger partial charge in [-0.05, 0) is 32.4 Å². The number of likely N-dealkylation sites (N-methyl/N-ethyl adjacent to an activating group) is 1. The number of carbonyl (C=O) groups is 1. The number of hydrogen-bond donors (Lipinski definition) is 0. The van der Waals surface area contributed by atoms with Crippen molar-refractivity contribution in [2.45, 2.75) is 56.5 Å². The minimum atomic E-state index is -0.225. The fourth-order valence-electron chi connectivity index (χ4n) is 3.40. The molecular formula is C20H26N4OS. The smallest absolute Gasteiger partial charge is 0.191 e. The van der Waals surface area contributed by atoms with Gasteiger partial charge in [-0.3, -0.25) is 4.79 Å². The van der Waals surface area contributed by atoms with Gasteiger partial charge in [0.2, 0.25) is 0 Å². The summed E-state index contributed by atoms with van der Waals surface area (Å²) in [7, 11) is 2.03. The summed E-state index contributed by atoms with van der Waals surface area (Å²) in [5, 5.41) is 8.69. The van der Waals surface area contributed by atoms with Crippen LogP contribution in [-0.2, 0) is 10.2 Å². The van der Waals surface area contributed by atoms with Crippen molar-refractivity contribution in [1.82, 2.24) is 14.8 Å². The molecule has 0 radical (unpaired) electrons. The van der Waals surface area contributed by atoms with Gasteiger partial charge in [0.05, 0.1) is 5.25 Å². The van der Waals surface area contributed by atoms with E-state index in [2.05, 4.69) is 61.0 Å². The molecule has 2 heterocycles. The van der Waals surface area contributed by atoms with Gasteiger partial charge in [0, 0.05) is 36.0 Å². The SMILES string of the molecule is CC(Sc1nncn1C(C)C)C(=O)/C=C1/N(C)c2ccccc2C1(C)C. The molecule has 1 aliphatic rings. The molecule has 1 atom stereocenters. The molecule has 2 aromatic rings. The molecule has 0 aliphatic carbocycles. The van der Waals surface area contributed by atoms with Crippen molar-refractivity contribution in [3.63, 3.8) is 0 Å². The van der Waals surface area contributed by atoms with Crippen LogP contribution in [0.25, 0.3) is 0 Å². The van der Waals surface area contributed by atoms with Gasteiger partial charge in [0.1, 0.15) is 6.33 Å². The highest BCUT2D eigenvalue weighted by atomic mass is 32.2. The summed E-state index contributed by atoms with van der Waals surface area (Å²) in [6.45, 7) is 10.4. The van der Waals surface area contributed by atoms with Gasteiger partial charge < -0.3 is 9.47 Å². The minimum Gasteiger partial charge on any atom is -0.347 e. The molecule has 0 bridgehead atoms. The first-order chi connectivity index (χ1) is 12.2. The van der Waals surface area contributed by atoms with E-state index in [-0.39, 0.29) is 22.5 Å². The molecular weight excluding hydrogens is 344 g/mol. The Morgan fingerprint density at radius 2 is 1.92 bits per heavy atom. The molecule has 26 heavy (non-hydrogen) atoms. The number of aromatic nitrogens is 3. The topological polar surface area (TPSA) is 51.0 Å². The van der Waals surface area contributed by atoms with E-state index in [4.69, 9.17) is 0 Å². The molecule has 0 N–H and O–H groups in total. The van der Waals surface area contributed by atoms with Crippen molar-refractivity contribution in [1.29, 1.82) is 0 Å². The Kier molecular flexibility index (Phi) is 4.97. The lowest BCUT2D eigenvalue weighted by atomic mass is 9.83. The predicted molar refractivity (Wildman–Crippen MR) is 107 cm³/mol. The first-order valence-corrected chi connectivity index (χ1v) is 9.77. The number of rotatable bonds is 5. The number of carbonyl (C=O) groups excluding carboxylic acids is 1. The monoisotopic (exact) mass is 370 g/mol. The maximum absolute atomic E-state index is 12.9. The summed E-state index contributed by atoms with van der Waals surface area (Å²) in [5.41, 5.74) is 3.25. The van der Waals surface area contributed by atoms with Gasteiger partial charge in [0.15, 0.2) is 10.9 Å². The number of fused-ring (bicyclic) bond motifs is 1. The molecule has 0 saturated heterocycles. The lowest BCUT2D eigenvalue weighted by molar-refractivity contribution is -0.114. The zero-order valence-electron chi connectivity index (χ0n) is 16.2. The molecule has 1 aromatic carbocycles. The van der Waals surface area contributed by atoms with E-state index < -0.39 is 0 Å². The normalized spacial score (nSPS) is 18.4. The van der Waals surface area contributed by atoms with Crippen molar-refractivity contribution in [3.8, 4) is 0 Å². The molecule has 6 heteroatoms. The fraction of sp³-hybridized carbons (Fsp3) is 0.450. The zero-order chi connectivity index (χ0) is 19.1. The number of hydrogen-bond acceptors (Lipinski definition) is 5. The van der Waals surface area contributed by atoms with E-state index >= 15 is 0 Å². The molecule has 0 amide bonds. The number of anilines is 1. The summed E-state index contributed by atoms with van der Waals surface area (Å²) in [4.78, 5) is 15.0. The Labute approximate surface area is 159 Å². The van der Waals surface area contributed by atoms with E-state index in [1.807, 2.05) is 24.6 Å². The summed E-state index contributed by atoms with van der Waals surface area (Å²) in [6.07, 6.45) is 3.51. The number of benzene rings is 1. The van der Waals surface area contributed by atoms with E-state index in [1.54, 1.807) is 12.4 Å². The average molecular weight is 371 g/mol. The summed E-state index contributed by atoms with van der Waals surface area (Å²) in [6, 6.07) is 8.60. The Morgan fingerprint density at radius 3 is 2.58 bits per heavy atom. The highest BCUT2D eigenvalue weighted by Crippen LogP contribution is 2.46. The van der Waals surface area contributed by atoms with Gasteiger partial charge >= 0.3 is 0 Å². The van der Waals surface area contributed by atoms with Crippen molar-refractivity contribution < 1.29 is 4.79 Å². The zero-order valence-corrected chi connectivity index (χ0v) is 17.0. The van der Waals surface area contributed by atoms with Crippen LogP contribution in [0.2, 0.25) is 0 Å². The Morgan fingerprint density at radius 1 is 1.23 bits per heavy atom. The summed E-state index contributed by atoms with van der Waals surface area (Å²) < 4.78 is 1.99. The first kappa shape index (κ1) is 18.7. The molecule has 1 aromatic heterocycles.